The highest BCUT2D eigenvalue weighted by molar-refractivity contribution is 5.91. The van der Waals surface area contributed by atoms with Gasteiger partial charge in [0, 0.05) is 6.42 Å². The van der Waals surface area contributed by atoms with Crippen LogP contribution in [0, 0.1) is 5.92 Å². The minimum Gasteiger partial charge on any atom is -0.471 e. The van der Waals surface area contributed by atoms with Gasteiger partial charge in [-0.05, 0) is 6.92 Å². The molecule has 1 unspecified atom stereocenters. The van der Waals surface area contributed by atoms with E-state index in [9.17, 15) is 40.5 Å². The Labute approximate surface area is 165 Å². The molecule has 1 aliphatic carbocycles. The molecule has 12 nitrogen and oxygen atoms in total. The maximum absolute atomic E-state index is 12.1. The van der Waals surface area contributed by atoms with Gasteiger partial charge in [0.1, 0.15) is 35.6 Å². The fraction of sp³-hybridized carbons (Fsp3) is 0.824. The summed E-state index contributed by atoms with van der Waals surface area (Å²) in [7, 11) is 1.08. The Morgan fingerprint density at radius 2 is 1.83 bits per heavy atom. The highest BCUT2D eigenvalue weighted by atomic mass is 16.8. The number of esters is 1. The van der Waals surface area contributed by atoms with Crippen molar-refractivity contribution in [2.75, 3.05) is 13.7 Å². The van der Waals surface area contributed by atoms with Crippen molar-refractivity contribution in [3.8, 4) is 0 Å². The second-order valence-corrected chi connectivity index (χ2v) is 7.71. The standard InChI is InChI=1S/C17H26O12/c1-16(24)8(19)3-17(25)6(13(23)26-2)5-27-15(12(16)17)29-14-11(22)10(21)9(20)7(4-18)28-14/h5,7-12,14-15,18-22,24-25H,3-4H2,1-2H3/t7-,8+,9-,10+,11-,12?,14+,15+,16+,17+/m1/s1. The van der Waals surface area contributed by atoms with Gasteiger partial charge in [-0.25, -0.2) is 4.79 Å². The number of carbonyl (C=O) groups excluding carboxylic acids is 1. The molecule has 0 bridgehead atoms. The predicted octanol–water partition coefficient (Wildman–Crippen LogP) is -3.92. The molecule has 10 atom stereocenters. The average molecular weight is 422 g/mol. The van der Waals surface area contributed by atoms with E-state index in [4.69, 9.17) is 14.2 Å². The largest absolute Gasteiger partial charge is 0.471 e. The highest BCUT2D eigenvalue weighted by Gasteiger charge is 2.67. The number of hydrogen-bond donors (Lipinski definition) is 7. The Morgan fingerprint density at radius 1 is 1.17 bits per heavy atom. The van der Waals surface area contributed by atoms with E-state index in [1.165, 1.54) is 6.92 Å². The number of rotatable bonds is 4. The zero-order valence-corrected chi connectivity index (χ0v) is 15.8. The summed E-state index contributed by atoms with van der Waals surface area (Å²) in [5.41, 5.74) is -4.41. The SMILES string of the molecule is COC(=O)C1=CO[C@@H](O[C@@H]2O[C@H](CO)[C@@H](O)[C@H](O)[C@H]2O)C2[C@]1(O)C[C@H](O)[C@]2(C)O. The fourth-order valence-electron chi connectivity index (χ4n) is 4.17. The maximum atomic E-state index is 12.1. The van der Waals surface area contributed by atoms with E-state index in [-0.39, 0.29) is 5.57 Å². The molecule has 2 aliphatic heterocycles. The summed E-state index contributed by atoms with van der Waals surface area (Å²) in [6.45, 7) is 0.528. The number of methoxy groups -OCH3 is 1. The molecule has 7 N–H and O–H groups in total. The van der Waals surface area contributed by atoms with E-state index in [1.807, 2.05) is 0 Å². The van der Waals surface area contributed by atoms with Gasteiger partial charge in [0.05, 0.1) is 37.6 Å². The summed E-state index contributed by atoms with van der Waals surface area (Å²) in [5.74, 6) is -2.36. The van der Waals surface area contributed by atoms with Crippen molar-refractivity contribution in [2.45, 2.75) is 67.6 Å². The van der Waals surface area contributed by atoms with Gasteiger partial charge >= 0.3 is 5.97 Å². The van der Waals surface area contributed by atoms with Crippen molar-refractivity contribution in [1.82, 2.24) is 0 Å². The molecular weight excluding hydrogens is 396 g/mol. The average Bonchev–Trinajstić information content (AvgIpc) is 2.86. The van der Waals surface area contributed by atoms with Gasteiger partial charge < -0.3 is 54.7 Å². The second-order valence-electron chi connectivity index (χ2n) is 7.71. The Kier molecular flexibility index (Phi) is 5.95. The van der Waals surface area contributed by atoms with Crippen molar-refractivity contribution >= 4 is 5.97 Å². The van der Waals surface area contributed by atoms with Crippen LogP contribution in [-0.4, -0.2) is 110 Å². The normalized spacial score (nSPS) is 49.8. The van der Waals surface area contributed by atoms with Crippen LogP contribution in [0.25, 0.3) is 0 Å². The predicted molar refractivity (Wildman–Crippen MR) is 89.5 cm³/mol. The Morgan fingerprint density at radius 3 is 2.41 bits per heavy atom. The lowest BCUT2D eigenvalue weighted by atomic mass is 9.77. The maximum Gasteiger partial charge on any atom is 0.339 e. The van der Waals surface area contributed by atoms with Gasteiger partial charge in [0.2, 0.25) is 6.29 Å². The fourth-order valence-corrected chi connectivity index (χ4v) is 4.17. The van der Waals surface area contributed by atoms with Gasteiger partial charge in [-0.2, -0.15) is 0 Å². The molecule has 12 heteroatoms. The molecule has 0 radical (unpaired) electrons. The molecule has 3 rings (SSSR count). The zero-order valence-electron chi connectivity index (χ0n) is 15.8. The first-order valence-electron chi connectivity index (χ1n) is 9.02. The van der Waals surface area contributed by atoms with Crippen molar-refractivity contribution in [3.05, 3.63) is 11.8 Å². The van der Waals surface area contributed by atoms with Crippen LogP contribution in [0.2, 0.25) is 0 Å². The molecule has 2 fully saturated rings. The third-order valence-electron chi connectivity index (χ3n) is 5.90. The minimum atomic E-state index is -2.09. The minimum absolute atomic E-state index is 0.338. The van der Waals surface area contributed by atoms with Gasteiger partial charge in [-0.1, -0.05) is 0 Å². The van der Waals surface area contributed by atoms with E-state index >= 15 is 0 Å². The van der Waals surface area contributed by atoms with Crippen molar-refractivity contribution < 1.29 is 59.5 Å². The number of aliphatic hydroxyl groups is 7. The summed E-state index contributed by atoms with van der Waals surface area (Å²) >= 11 is 0. The highest BCUT2D eigenvalue weighted by Crippen LogP contribution is 2.52. The number of aliphatic hydroxyl groups excluding tert-OH is 5. The second kappa shape index (κ2) is 7.72. The Bertz CT molecular complexity index is 663. The summed E-state index contributed by atoms with van der Waals surface area (Å²) in [6, 6.07) is 0. The first-order chi connectivity index (χ1) is 13.5. The lowest BCUT2D eigenvalue weighted by molar-refractivity contribution is -0.352. The molecule has 0 aromatic heterocycles. The smallest absolute Gasteiger partial charge is 0.339 e. The molecule has 166 valence electrons. The van der Waals surface area contributed by atoms with Gasteiger partial charge in [0.15, 0.2) is 6.29 Å². The molecule has 1 saturated heterocycles. The van der Waals surface area contributed by atoms with Crippen LogP contribution in [-0.2, 0) is 23.7 Å². The topological polar surface area (TPSA) is 196 Å². The molecule has 2 heterocycles. The molecule has 1 saturated carbocycles. The van der Waals surface area contributed by atoms with Crippen molar-refractivity contribution in [1.29, 1.82) is 0 Å². The monoisotopic (exact) mass is 422 g/mol. The van der Waals surface area contributed by atoms with Crippen LogP contribution in [0.4, 0.5) is 0 Å². The summed E-state index contributed by atoms with van der Waals surface area (Å²) in [4.78, 5) is 12.1. The van der Waals surface area contributed by atoms with Crippen LogP contribution >= 0.6 is 0 Å². The van der Waals surface area contributed by atoms with Crippen LogP contribution in [0.3, 0.4) is 0 Å². The van der Waals surface area contributed by atoms with Crippen LogP contribution in [0.1, 0.15) is 13.3 Å². The summed E-state index contributed by atoms with van der Waals surface area (Å²) in [6.07, 6.45) is -10.5. The molecule has 0 spiro atoms. The summed E-state index contributed by atoms with van der Waals surface area (Å²) < 4.78 is 20.7. The molecule has 0 amide bonds. The molecule has 0 aromatic carbocycles. The summed E-state index contributed by atoms with van der Waals surface area (Å²) in [5, 5.41) is 71.4. The van der Waals surface area contributed by atoms with Crippen molar-refractivity contribution in [3.63, 3.8) is 0 Å². The van der Waals surface area contributed by atoms with E-state index < -0.39 is 79.2 Å². The van der Waals surface area contributed by atoms with E-state index in [0.29, 0.717) is 0 Å². The first kappa shape index (κ1) is 22.3. The Balaban J connectivity index is 1.92. The molecule has 0 aromatic rings. The van der Waals surface area contributed by atoms with E-state index in [2.05, 4.69) is 4.74 Å². The van der Waals surface area contributed by atoms with Gasteiger partial charge in [-0.3, -0.25) is 0 Å². The molecule has 3 aliphatic rings. The van der Waals surface area contributed by atoms with Crippen LogP contribution in [0.15, 0.2) is 11.8 Å². The quantitative estimate of drug-likeness (QED) is 0.218. The number of hydrogen-bond acceptors (Lipinski definition) is 12. The third kappa shape index (κ3) is 3.44. The number of ether oxygens (including phenoxy) is 4. The zero-order chi connectivity index (χ0) is 21.7. The molecule has 29 heavy (non-hydrogen) atoms. The van der Waals surface area contributed by atoms with Gasteiger partial charge in [0.25, 0.3) is 0 Å². The number of fused-ring (bicyclic) bond motifs is 1. The van der Waals surface area contributed by atoms with Crippen LogP contribution in [0.5, 0.6) is 0 Å². The van der Waals surface area contributed by atoms with Gasteiger partial charge in [-0.15, -0.1) is 0 Å². The van der Waals surface area contributed by atoms with Crippen LogP contribution < -0.4 is 0 Å². The van der Waals surface area contributed by atoms with E-state index in [1.54, 1.807) is 0 Å². The van der Waals surface area contributed by atoms with Crippen molar-refractivity contribution in [2.24, 2.45) is 5.92 Å². The van der Waals surface area contributed by atoms with E-state index in [0.717, 1.165) is 13.4 Å². The lowest BCUT2D eigenvalue weighted by Gasteiger charge is -2.46. The lowest BCUT2D eigenvalue weighted by Crippen LogP contribution is -2.62. The molecular formula is C17H26O12. The third-order valence-corrected chi connectivity index (χ3v) is 5.90. The Hall–Kier alpha value is -1.35. The number of carbonyl (C=O) groups is 1. The first-order valence-corrected chi connectivity index (χ1v) is 9.02.